The van der Waals surface area contributed by atoms with Gasteiger partial charge in [-0.25, -0.2) is 4.98 Å². The molecule has 0 aliphatic heterocycles. The van der Waals surface area contributed by atoms with Crippen molar-refractivity contribution >= 4 is 131 Å². The average Bonchev–Trinajstić information content (AvgIpc) is 4.34. The summed E-state index contributed by atoms with van der Waals surface area (Å²) < 4.78 is 26.7. The highest BCUT2D eigenvalue weighted by Gasteiger charge is 2.26. The third kappa shape index (κ3) is 6.21. The van der Waals surface area contributed by atoms with E-state index in [1.807, 2.05) is 18.2 Å². The lowest BCUT2D eigenvalue weighted by Gasteiger charge is -2.16. The van der Waals surface area contributed by atoms with E-state index in [9.17, 15) is 0 Å². The number of aromatic nitrogens is 4. The van der Waals surface area contributed by atoms with Crippen LogP contribution in [0, 0.1) is 0 Å². The Balaban J connectivity index is 0.926. The summed E-state index contributed by atoms with van der Waals surface area (Å²) in [6.45, 7) is 0. The van der Waals surface area contributed by atoms with Gasteiger partial charge in [-0.05, 0) is 106 Å². The van der Waals surface area contributed by atoms with Gasteiger partial charge < -0.3 is 17.8 Å². The summed E-state index contributed by atoms with van der Waals surface area (Å²) in [6.07, 6.45) is 0. The molecule has 390 valence electrons. The number of hydrogen-bond acceptors (Lipinski definition) is 4. The smallest absolute Gasteiger partial charge is 0.142 e. The molecule has 0 radical (unpaired) electrons. The molecule has 0 spiro atoms. The van der Waals surface area contributed by atoms with Gasteiger partial charge in [0.25, 0.3) is 0 Å². The molecule has 12 aromatic carbocycles. The van der Waals surface area contributed by atoms with Gasteiger partial charge in [0.15, 0.2) is 0 Å². The van der Waals surface area contributed by atoms with Crippen molar-refractivity contribution in [2.45, 2.75) is 0 Å². The molecule has 0 aliphatic rings. The summed E-state index contributed by atoms with van der Waals surface area (Å²) in [5, 5.41) is 13.5. The van der Waals surface area contributed by atoms with Crippen LogP contribution in [0.25, 0.3) is 182 Å². The molecule has 0 amide bonds. The molecule has 7 heteroatoms. The highest BCUT2D eigenvalue weighted by Crippen LogP contribution is 2.48. The molecule has 0 fully saturated rings. The molecular weight excluding hydrogens is 1030 g/mol. The van der Waals surface area contributed by atoms with Crippen LogP contribution in [-0.4, -0.2) is 18.7 Å². The van der Waals surface area contributed by atoms with Crippen molar-refractivity contribution in [1.29, 1.82) is 0 Å². The highest BCUT2D eigenvalue weighted by molar-refractivity contribution is 6.24. The van der Waals surface area contributed by atoms with Crippen LogP contribution in [-0.2, 0) is 0 Å². The van der Waals surface area contributed by atoms with E-state index in [0.717, 1.165) is 182 Å². The zero-order valence-corrected chi connectivity index (χ0v) is 44.9. The fourth-order valence-electron chi connectivity index (χ4n) is 14.3. The largest absolute Gasteiger partial charge is 0.456 e. The maximum atomic E-state index is 6.51. The van der Waals surface area contributed by atoms with Crippen LogP contribution in [0.4, 0.5) is 0 Å². The molecule has 19 aromatic rings. The summed E-state index contributed by atoms with van der Waals surface area (Å²) in [6, 6.07) is 95.5. The number of benzene rings is 12. The minimum atomic E-state index is 0.784. The van der Waals surface area contributed by atoms with E-state index in [-0.39, 0.29) is 0 Å². The average molecular weight is 1070 g/mol. The van der Waals surface area contributed by atoms with Crippen LogP contribution in [0.5, 0.6) is 0 Å². The van der Waals surface area contributed by atoms with Gasteiger partial charge in [0, 0.05) is 76.8 Å². The van der Waals surface area contributed by atoms with Gasteiger partial charge in [0.05, 0.1) is 38.8 Å². The third-order valence-electron chi connectivity index (χ3n) is 17.7. The minimum absolute atomic E-state index is 0.784. The van der Waals surface area contributed by atoms with Crippen LogP contribution in [0.2, 0.25) is 0 Å². The molecule has 7 nitrogen and oxygen atoms in total. The number of nitrogens with zero attached hydrogens (tertiary/aromatic N) is 4. The van der Waals surface area contributed by atoms with Gasteiger partial charge in [-0.1, -0.05) is 182 Å². The number of para-hydroxylation sites is 6. The molecular formula is C77H44N4O3. The number of rotatable bonds is 6. The topological polar surface area (TPSA) is 67.1 Å². The Bertz CT molecular complexity index is 5420. The van der Waals surface area contributed by atoms with Crippen LogP contribution in [0.3, 0.4) is 0 Å². The molecule has 0 aliphatic carbocycles. The first-order valence-electron chi connectivity index (χ1n) is 28.5. The summed E-state index contributed by atoms with van der Waals surface area (Å²) in [7, 11) is 0. The molecule has 0 unspecified atom stereocenters. The van der Waals surface area contributed by atoms with Crippen molar-refractivity contribution < 1.29 is 13.3 Å². The fourth-order valence-corrected chi connectivity index (χ4v) is 14.3. The van der Waals surface area contributed by atoms with Crippen molar-refractivity contribution in [3.63, 3.8) is 0 Å². The van der Waals surface area contributed by atoms with Gasteiger partial charge >= 0.3 is 0 Å². The monoisotopic (exact) mass is 1070 g/mol. The quantitative estimate of drug-likeness (QED) is 0.166. The van der Waals surface area contributed by atoms with Crippen molar-refractivity contribution in [1.82, 2.24) is 18.7 Å². The molecule has 0 N–H and O–H groups in total. The fraction of sp³-hybridized carbons (Fsp3) is 0. The SMILES string of the molecule is c1ccc2c(c1)oc1cccc(-c3cccc4c3c3ccccc3n4-c3cc(-n4c5ccccc5c5c(-c6cccc7oc8ccccc8c67)cccc54)nc(-n4c5ccccc5c5c(-c6cccc7oc8ccccc8c67)cccc54)c3)c12. The Morgan fingerprint density at radius 2 is 0.476 bits per heavy atom. The van der Waals surface area contributed by atoms with Gasteiger partial charge in [-0.2, -0.15) is 0 Å². The predicted octanol–water partition coefficient (Wildman–Crippen LogP) is 21.1. The standard InChI is InChI=1S/C77H44N4O3/c1-7-31-58-52(19-1)72-46(49-28-16-40-67-75(49)55-22-4-10-37-64(55)82-67)25-13-34-61(72)79(58)45-43-70(80-59-32-8-2-20-53(59)73-47(26-14-35-62(73)80)50-29-17-41-68-76(50)56-23-5-11-38-65(56)83-68)78-71(44-45)81-60-33-9-3-21-54(60)74-48(27-15-36-63(74)81)51-30-18-42-69-77(51)57-24-6-12-39-66(57)84-69/h1-44H. The minimum Gasteiger partial charge on any atom is -0.456 e. The number of pyridine rings is 1. The van der Waals surface area contributed by atoms with Crippen LogP contribution >= 0.6 is 0 Å². The van der Waals surface area contributed by atoms with Crippen molar-refractivity contribution in [3.05, 3.63) is 267 Å². The van der Waals surface area contributed by atoms with Crippen LogP contribution in [0.1, 0.15) is 0 Å². The lowest BCUT2D eigenvalue weighted by atomic mass is 9.95. The lowest BCUT2D eigenvalue weighted by molar-refractivity contribution is 0.668. The first-order chi connectivity index (χ1) is 41.7. The Labute approximate surface area is 478 Å². The normalized spacial score (nSPS) is 12.3. The molecule has 84 heavy (non-hydrogen) atoms. The maximum Gasteiger partial charge on any atom is 0.142 e. The Morgan fingerprint density at radius 3 is 0.845 bits per heavy atom. The Kier molecular flexibility index (Phi) is 9.21. The summed E-state index contributed by atoms with van der Waals surface area (Å²) in [4.78, 5) is 5.95. The van der Waals surface area contributed by atoms with Gasteiger partial charge in [0.2, 0.25) is 0 Å². The zero-order chi connectivity index (χ0) is 54.7. The second kappa shape index (κ2) is 17.1. The van der Waals surface area contributed by atoms with E-state index in [4.69, 9.17) is 18.2 Å². The summed E-state index contributed by atoms with van der Waals surface area (Å²) in [5.74, 6) is 1.57. The van der Waals surface area contributed by atoms with E-state index >= 15 is 0 Å². The van der Waals surface area contributed by atoms with E-state index in [1.165, 1.54) is 0 Å². The first kappa shape index (κ1) is 45.3. The molecule has 0 saturated carbocycles. The summed E-state index contributed by atoms with van der Waals surface area (Å²) in [5.41, 5.74) is 19.3. The number of fused-ring (bicyclic) bond motifs is 18. The predicted molar refractivity (Wildman–Crippen MR) is 345 cm³/mol. The van der Waals surface area contributed by atoms with Gasteiger partial charge in [-0.15, -0.1) is 0 Å². The van der Waals surface area contributed by atoms with Gasteiger partial charge in [-0.3, -0.25) is 9.13 Å². The first-order valence-corrected chi connectivity index (χ1v) is 28.5. The van der Waals surface area contributed by atoms with E-state index in [0.29, 0.717) is 0 Å². The van der Waals surface area contributed by atoms with E-state index in [2.05, 4.69) is 262 Å². The van der Waals surface area contributed by atoms with Crippen molar-refractivity contribution in [2.75, 3.05) is 0 Å². The maximum absolute atomic E-state index is 6.51. The van der Waals surface area contributed by atoms with E-state index < -0.39 is 0 Å². The molecule has 7 heterocycles. The molecule has 0 bridgehead atoms. The molecule has 7 aromatic heterocycles. The Morgan fingerprint density at radius 1 is 0.214 bits per heavy atom. The Hall–Kier alpha value is -11.4. The molecule has 0 atom stereocenters. The molecule has 19 rings (SSSR count). The summed E-state index contributed by atoms with van der Waals surface area (Å²) >= 11 is 0. The van der Waals surface area contributed by atoms with Crippen LogP contribution < -0.4 is 0 Å². The highest BCUT2D eigenvalue weighted by atomic mass is 16.3. The van der Waals surface area contributed by atoms with Crippen molar-refractivity contribution in [3.8, 4) is 50.7 Å². The second-order valence-corrected chi connectivity index (χ2v) is 22.0. The van der Waals surface area contributed by atoms with Crippen molar-refractivity contribution in [2.24, 2.45) is 0 Å². The number of furan rings is 3. The zero-order valence-electron chi connectivity index (χ0n) is 44.9. The van der Waals surface area contributed by atoms with Crippen LogP contribution in [0.15, 0.2) is 280 Å². The van der Waals surface area contributed by atoms with E-state index in [1.54, 1.807) is 0 Å². The number of hydrogen-bond donors (Lipinski definition) is 0. The third-order valence-corrected chi connectivity index (χ3v) is 17.7. The second-order valence-electron chi connectivity index (χ2n) is 22.0. The van der Waals surface area contributed by atoms with Gasteiger partial charge in [0.1, 0.15) is 45.1 Å². The lowest BCUT2D eigenvalue weighted by Crippen LogP contribution is -2.07. The molecule has 0 saturated heterocycles.